The van der Waals surface area contributed by atoms with Gasteiger partial charge in [-0.3, -0.25) is 0 Å². The molecule has 0 heterocycles. The highest BCUT2D eigenvalue weighted by molar-refractivity contribution is 5.38. The van der Waals surface area contributed by atoms with E-state index in [4.69, 9.17) is 5.73 Å². The van der Waals surface area contributed by atoms with E-state index >= 15 is 0 Å². The van der Waals surface area contributed by atoms with E-state index in [1.807, 2.05) is 0 Å². The summed E-state index contributed by atoms with van der Waals surface area (Å²) in [5.74, 6) is 0. The lowest BCUT2D eigenvalue weighted by atomic mass is 9.83. The molecule has 1 aromatic rings. The number of fused-ring (bicyclic) bond motifs is 1. The van der Waals surface area contributed by atoms with Crippen LogP contribution in [-0.4, -0.2) is 0 Å². The second-order valence-corrected chi connectivity index (χ2v) is 6.73. The second-order valence-electron chi connectivity index (χ2n) is 6.73. The maximum Gasteiger partial charge on any atom is 0.0415 e. The third-order valence-electron chi connectivity index (χ3n) is 3.94. The molecular weight excluding hydrogens is 206 g/mol. The molecular formula is C16H25N. The van der Waals surface area contributed by atoms with E-state index in [1.165, 1.54) is 24.0 Å². The number of rotatable bonds is 3. The van der Waals surface area contributed by atoms with Gasteiger partial charge in [0, 0.05) is 5.54 Å². The van der Waals surface area contributed by atoms with Crippen LogP contribution in [0.15, 0.2) is 24.3 Å². The first-order valence-corrected chi connectivity index (χ1v) is 6.78. The summed E-state index contributed by atoms with van der Waals surface area (Å²) in [7, 11) is 0. The molecule has 0 aliphatic heterocycles. The van der Waals surface area contributed by atoms with Crippen molar-refractivity contribution < 1.29 is 0 Å². The lowest BCUT2D eigenvalue weighted by Crippen LogP contribution is -2.34. The van der Waals surface area contributed by atoms with Crippen molar-refractivity contribution in [1.82, 2.24) is 0 Å². The molecule has 1 unspecified atom stereocenters. The average molecular weight is 231 g/mol. The van der Waals surface area contributed by atoms with E-state index in [-0.39, 0.29) is 5.54 Å². The Bertz CT molecular complexity index is 389. The number of hydrogen-bond donors (Lipinski definition) is 1. The Labute approximate surface area is 105 Å². The van der Waals surface area contributed by atoms with Crippen LogP contribution >= 0.6 is 0 Å². The summed E-state index contributed by atoms with van der Waals surface area (Å²) >= 11 is 0. The standard InChI is InChI=1S/C16H25N/c1-15(2,3)10-6-11-16(17)12-9-13-7-4-5-8-14(13)16/h4-5,7-8H,6,9-12,17H2,1-3H3. The van der Waals surface area contributed by atoms with Crippen LogP contribution in [0.4, 0.5) is 0 Å². The van der Waals surface area contributed by atoms with Gasteiger partial charge in [-0.05, 0) is 42.2 Å². The van der Waals surface area contributed by atoms with Crippen LogP contribution < -0.4 is 5.73 Å². The van der Waals surface area contributed by atoms with Crippen LogP contribution in [0.25, 0.3) is 0 Å². The van der Waals surface area contributed by atoms with E-state index in [0.717, 1.165) is 19.3 Å². The van der Waals surface area contributed by atoms with Crippen LogP contribution in [-0.2, 0) is 12.0 Å². The normalized spacial score (nSPS) is 23.8. The molecule has 1 heteroatoms. The van der Waals surface area contributed by atoms with E-state index in [1.54, 1.807) is 0 Å². The fraction of sp³-hybridized carbons (Fsp3) is 0.625. The monoisotopic (exact) mass is 231 g/mol. The highest BCUT2D eigenvalue weighted by Gasteiger charge is 2.34. The number of nitrogens with two attached hydrogens (primary N) is 1. The first-order valence-electron chi connectivity index (χ1n) is 6.78. The third kappa shape index (κ3) is 2.90. The minimum Gasteiger partial charge on any atom is -0.321 e. The summed E-state index contributed by atoms with van der Waals surface area (Å²) in [6.07, 6.45) is 5.89. The summed E-state index contributed by atoms with van der Waals surface area (Å²) < 4.78 is 0. The van der Waals surface area contributed by atoms with Gasteiger partial charge in [-0.1, -0.05) is 51.5 Å². The van der Waals surface area contributed by atoms with Crippen molar-refractivity contribution in [2.24, 2.45) is 11.1 Å². The molecule has 2 N–H and O–H groups in total. The molecule has 1 aliphatic rings. The maximum atomic E-state index is 6.60. The zero-order valence-corrected chi connectivity index (χ0v) is 11.4. The van der Waals surface area contributed by atoms with Gasteiger partial charge in [0.1, 0.15) is 0 Å². The van der Waals surface area contributed by atoms with Gasteiger partial charge >= 0.3 is 0 Å². The fourth-order valence-electron chi connectivity index (χ4n) is 2.91. The first kappa shape index (κ1) is 12.6. The highest BCUT2D eigenvalue weighted by atomic mass is 14.8. The first-order chi connectivity index (χ1) is 7.91. The van der Waals surface area contributed by atoms with Crippen molar-refractivity contribution >= 4 is 0 Å². The summed E-state index contributed by atoms with van der Waals surface area (Å²) in [4.78, 5) is 0. The molecule has 0 saturated heterocycles. The molecule has 0 amide bonds. The largest absolute Gasteiger partial charge is 0.321 e. The van der Waals surface area contributed by atoms with Gasteiger partial charge in [0.15, 0.2) is 0 Å². The van der Waals surface area contributed by atoms with Gasteiger partial charge in [-0.15, -0.1) is 0 Å². The lowest BCUT2D eigenvalue weighted by Gasteiger charge is -2.27. The fourth-order valence-corrected chi connectivity index (χ4v) is 2.91. The van der Waals surface area contributed by atoms with E-state index in [2.05, 4.69) is 45.0 Å². The van der Waals surface area contributed by atoms with E-state index in [9.17, 15) is 0 Å². The highest BCUT2D eigenvalue weighted by Crippen LogP contribution is 2.39. The molecule has 1 nitrogen and oxygen atoms in total. The molecule has 17 heavy (non-hydrogen) atoms. The second kappa shape index (κ2) is 4.45. The molecule has 1 atom stereocenters. The Morgan fingerprint density at radius 1 is 1.24 bits per heavy atom. The van der Waals surface area contributed by atoms with Crippen molar-refractivity contribution in [2.75, 3.05) is 0 Å². The smallest absolute Gasteiger partial charge is 0.0415 e. The van der Waals surface area contributed by atoms with E-state index in [0.29, 0.717) is 5.41 Å². The Morgan fingerprint density at radius 2 is 1.94 bits per heavy atom. The Balaban J connectivity index is 2.02. The van der Waals surface area contributed by atoms with Crippen LogP contribution in [0.2, 0.25) is 0 Å². The number of benzene rings is 1. The molecule has 0 bridgehead atoms. The topological polar surface area (TPSA) is 26.0 Å². The minimum absolute atomic E-state index is 0.0537. The molecule has 94 valence electrons. The maximum absolute atomic E-state index is 6.60. The van der Waals surface area contributed by atoms with Crippen LogP contribution in [0, 0.1) is 5.41 Å². The van der Waals surface area contributed by atoms with Gasteiger partial charge in [-0.2, -0.15) is 0 Å². The SMILES string of the molecule is CC(C)(C)CCCC1(N)CCc2ccccc21. The lowest BCUT2D eigenvalue weighted by molar-refractivity contribution is 0.316. The van der Waals surface area contributed by atoms with Gasteiger partial charge in [0.05, 0.1) is 0 Å². The van der Waals surface area contributed by atoms with Gasteiger partial charge < -0.3 is 5.73 Å². The molecule has 2 rings (SSSR count). The van der Waals surface area contributed by atoms with Crippen molar-refractivity contribution in [3.8, 4) is 0 Å². The predicted octanol–water partition coefficient (Wildman–Crippen LogP) is 4.00. The van der Waals surface area contributed by atoms with E-state index < -0.39 is 0 Å². The molecule has 0 fully saturated rings. The number of hydrogen-bond acceptors (Lipinski definition) is 1. The third-order valence-corrected chi connectivity index (χ3v) is 3.94. The Morgan fingerprint density at radius 3 is 2.65 bits per heavy atom. The zero-order chi connectivity index (χ0) is 12.5. The number of aryl methyl sites for hydroxylation is 1. The van der Waals surface area contributed by atoms with Gasteiger partial charge in [0.25, 0.3) is 0 Å². The minimum atomic E-state index is -0.0537. The summed E-state index contributed by atoms with van der Waals surface area (Å²) in [5.41, 5.74) is 9.83. The molecule has 1 aromatic carbocycles. The molecule has 0 saturated carbocycles. The molecule has 0 aromatic heterocycles. The molecule has 0 radical (unpaired) electrons. The van der Waals surface area contributed by atoms with Crippen LogP contribution in [0.1, 0.15) is 57.6 Å². The summed E-state index contributed by atoms with van der Waals surface area (Å²) in [5, 5.41) is 0. The van der Waals surface area contributed by atoms with Crippen molar-refractivity contribution in [3.63, 3.8) is 0 Å². The molecule has 1 aliphatic carbocycles. The van der Waals surface area contributed by atoms with Crippen LogP contribution in [0.5, 0.6) is 0 Å². The Hall–Kier alpha value is -0.820. The Kier molecular flexibility index (Phi) is 3.31. The van der Waals surface area contributed by atoms with Gasteiger partial charge in [-0.25, -0.2) is 0 Å². The van der Waals surface area contributed by atoms with Crippen molar-refractivity contribution in [2.45, 2.75) is 58.4 Å². The van der Waals surface area contributed by atoms with Gasteiger partial charge in [0.2, 0.25) is 0 Å². The quantitative estimate of drug-likeness (QED) is 0.836. The average Bonchev–Trinajstić information content (AvgIpc) is 2.56. The van der Waals surface area contributed by atoms with Crippen molar-refractivity contribution in [1.29, 1.82) is 0 Å². The molecule has 0 spiro atoms. The zero-order valence-electron chi connectivity index (χ0n) is 11.4. The predicted molar refractivity (Wildman–Crippen MR) is 73.9 cm³/mol. The summed E-state index contributed by atoms with van der Waals surface area (Å²) in [6.45, 7) is 6.91. The summed E-state index contributed by atoms with van der Waals surface area (Å²) in [6, 6.07) is 8.70. The van der Waals surface area contributed by atoms with Crippen LogP contribution in [0.3, 0.4) is 0 Å². The van der Waals surface area contributed by atoms with Crippen molar-refractivity contribution in [3.05, 3.63) is 35.4 Å².